The van der Waals surface area contributed by atoms with Gasteiger partial charge >= 0.3 is 12.0 Å². The first-order chi connectivity index (χ1) is 11.6. The highest BCUT2D eigenvalue weighted by Gasteiger charge is 2.52. The van der Waals surface area contributed by atoms with E-state index < -0.39 is 11.5 Å². The van der Waals surface area contributed by atoms with Gasteiger partial charge < -0.3 is 14.8 Å². The molecule has 2 aliphatic rings. The van der Waals surface area contributed by atoms with Crippen molar-refractivity contribution in [2.24, 2.45) is 0 Å². The lowest BCUT2D eigenvalue weighted by Gasteiger charge is -2.19. The molecule has 1 N–H and O–H groups in total. The molecule has 128 valence electrons. The number of rotatable bonds is 5. The summed E-state index contributed by atoms with van der Waals surface area (Å²) in [6.07, 6.45) is 0.675. The van der Waals surface area contributed by atoms with Crippen LogP contribution in [0.15, 0.2) is 24.3 Å². The summed E-state index contributed by atoms with van der Waals surface area (Å²) in [6.45, 7) is 0.385. The van der Waals surface area contributed by atoms with Crippen LogP contribution in [0.4, 0.5) is 4.79 Å². The molecule has 1 aromatic rings. The minimum absolute atomic E-state index is 0.165. The van der Waals surface area contributed by atoms with Crippen LogP contribution in [0.3, 0.4) is 0 Å². The zero-order valence-electron chi connectivity index (χ0n) is 13.2. The predicted molar refractivity (Wildman–Crippen MR) is 88.2 cm³/mol. The van der Waals surface area contributed by atoms with Crippen molar-refractivity contribution < 1.29 is 23.9 Å². The number of esters is 1. The molecule has 0 bridgehead atoms. The lowest BCUT2D eigenvalue weighted by Crippen LogP contribution is -2.47. The van der Waals surface area contributed by atoms with Crippen LogP contribution in [0, 0.1) is 0 Å². The van der Waals surface area contributed by atoms with Gasteiger partial charge in [0.1, 0.15) is 17.9 Å². The molecule has 2 aliphatic heterocycles. The summed E-state index contributed by atoms with van der Waals surface area (Å²) in [5, 5.41) is 2.81. The van der Waals surface area contributed by atoms with Gasteiger partial charge in [-0.25, -0.2) is 9.59 Å². The number of hydrogen-bond acceptors (Lipinski definition) is 6. The van der Waals surface area contributed by atoms with Crippen molar-refractivity contribution in [1.82, 2.24) is 10.2 Å². The Morgan fingerprint density at radius 3 is 2.71 bits per heavy atom. The highest BCUT2D eigenvalue weighted by atomic mass is 32.2. The molecule has 2 fully saturated rings. The van der Waals surface area contributed by atoms with Crippen molar-refractivity contribution in [3.05, 3.63) is 29.8 Å². The van der Waals surface area contributed by atoms with Crippen LogP contribution in [0.5, 0.6) is 5.75 Å². The number of carbonyl (C=O) groups is 3. The quantitative estimate of drug-likeness (QED) is 0.636. The van der Waals surface area contributed by atoms with Crippen LogP contribution in [-0.2, 0) is 9.53 Å². The summed E-state index contributed by atoms with van der Waals surface area (Å²) in [4.78, 5) is 37.0. The number of imide groups is 1. The molecule has 1 spiro atoms. The highest BCUT2D eigenvalue weighted by Crippen LogP contribution is 2.33. The standard InChI is InChI=1S/C16H18N2O5S/c1-22-13(19)11-2-4-12(5-3-11)23-8-7-18-14(20)16(17-15(18)21)6-9-24-10-16/h2-5H,6-10H2,1H3,(H,17,21). The molecule has 2 heterocycles. The van der Waals surface area contributed by atoms with Crippen molar-refractivity contribution in [1.29, 1.82) is 0 Å². The number of amides is 3. The molecule has 1 aromatic carbocycles. The van der Waals surface area contributed by atoms with E-state index in [1.165, 1.54) is 12.0 Å². The van der Waals surface area contributed by atoms with Crippen molar-refractivity contribution in [2.75, 3.05) is 31.8 Å². The molecule has 24 heavy (non-hydrogen) atoms. The predicted octanol–water partition coefficient (Wildman–Crippen LogP) is 1.28. The minimum Gasteiger partial charge on any atom is -0.492 e. The second-order valence-corrected chi connectivity index (χ2v) is 6.74. The summed E-state index contributed by atoms with van der Waals surface area (Å²) >= 11 is 1.67. The van der Waals surface area contributed by atoms with Crippen LogP contribution in [0.25, 0.3) is 0 Å². The molecule has 0 radical (unpaired) electrons. The molecule has 7 nitrogen and oxygen atoms in total. The average Bonchev–Trinajstić information content (AvgIpc) is 3.15. The summed E-state index contributed by atoms with van der Waals surface area (Å²) in [7, 11) is 1.32. The maximum atomic E-state index is 12.5. The summed E-state index contributed by atoms with van der Waals surface area (Å²) in [5.41, 5.74) is -0.288. The van der Waals surface area contributed by atoms with Gasteiger partial charge in [-0.05, 0) is 36.4 Å². The maximum absolute atomic E-state index is 12.5. The van der Waals surface area contributed by atoms with Crippen LogP contribution in [0.1, 0.15) is 16.8 Å². The number of urea groups is 1. The molecule has 0 saturated carbocycles. The van der Waals surface area contributed by atoms with Crippen molar-refractivity contribution in [3.8, 4) is 5.75 Å². The molecule has 3 rings (SSSR count). The topological polar surface area (TPSA) is 84.9 Å². The Morgan fingerprint density at radius 1 is 1.33 bits per heavy atom. The van der Waals surface area contributed by atoms with E-state index in [9.17, 15) is 14.4 Å². The Bertz CT molecular complexity index is 655. The lowest BCUT2D eigenvalue weighted by molar-refractivity contribution is -0.130. The molecule has 1 unspecified atom stereocenters. The largest absolute Gasteiger partial charge is 0.492 e. The van der Waals surface area contributed by atoms with Crippen molar-refractivity contribution in [2.45, 2.75) is 12.0 Å². The zero-order valence-corrected chi connectivity index (χ0v) is 14.1. The van der Waals surface area contributed by atoms with Gasteiger partial charge in [-0.3, -0.25) is 9.69 Å². The van der Waals surface area contributed by atoms with Crippen LogP contribution in [-0.4, -0.2) is 60.1 Å². The van der Waals surface area contributed by atoms with Crippen LogP contribution >= 0.6 is 11.8 Å². The third-order valence-corrected chi connectivity index (χ3v) is 5.32. The molecule has 0 aliphatic carbocycles. The summed E-state index contributed by atoms with van der Waals surface area (Å²) in [6, 6.07) is 6.13. The van der Waals surface area contributed by atoms with E-state index in [1.807, 2.05) is 0 Å². The zero-order chi connectivity index (χ0) is 17.2. The van der Waals surface area contributed by atoms with E-state index in [4.69, 9.17) is 4.74 Å². The first-order valence-corrected chi connectivity index (χ1v) is 8.74. The maximum Gasteiger partial charge on any atom is 0.337 e. The SMILES string of the molecule is COC(=O)c1ccc(OCCN2C(=O)NC3(CCSC3)C2=O)cc1. The van der Waals surface area contributed by atoms with E-state index in [2.05, 4.69) is 10.1 Å². The van der Waals surface area contributed by atoms with E-state index in [-0.39, 0.29) is 25.1 Å². The second kappa shape index (κ2) is 6.72. The highest BCUT2D eigenvalue weighted by molar-refractivity contribution is 7.99. The second-order valence-electron chi connectivity index (χ2n) is 5.64. The Hall–Kier alpha value is -2.22. The van der Waals surface area contributed by atoms with Gasteiger partial charge in [0.05, 0.1) is 19.2 Å². The smallest absolute Gasteiger partial charge is 0.337 e. The fourth-order valence-corrected chi connectivity index (χ4v) is 4.10. The number of ether oxygens (including phenoxy) is 2. The van der Waals surface area contributed by atoms with Crippen molar-refractivity contribution >= 4 is 29.7 Å². The fourth-order valence-electron chi connectivity index (χ4n) is 2.77. The third kappa shape index (κ3) is 3.06. The molecule has 0 aromatic heterocycles. The van der Waals surface area contributed by atoms with Crippen LogP contribution < -0.4 is 10.1 Å². The summed E-state index contributed by atoms with van der Waals surface area (Å²) in [5.74, 6) is 1.48. The first-order valence-electron chi connectivity index (χ1n) is 7.59. The van der Waals surface area contributed by atoms with Gasteiger partial charge in [0.15, 0.2) is 0 Å². The Kier molecular flexibility index (Phi) is 4.66. The van der Waals surface area contributed by atoms with Crippen molar-refractivity contribution in [3.63, 3.8) is 0 Å². The first kappa shape index (κ1) is 16.6. The number of benzene rings is 1. The number of nitrogens with zero attached hydrogens (tertiary/aromatic N) is 1. The van der Waals surface area contributed by atoms with Gasteiger partial charge in [-0.15, -0.1) is 0 Å². The average molecular weight is 350 g/mol. The Balaban J connectivity index is 1.54. The van der Waals surface area contributed by atoms with Gasteiger partial charge in [-0.1, -0.05) is 0 Å². The van der Waals surface area contributed by atoms with E-state index in [1.54, 1.807) is 36.0 Å². The van der Waals surface area contributed by atoms with Crippen LogP contribution in [0.2, 0.25) is 0 Å². The molecule has 8 heteroatoms. The lowest BCUT2D eigenvalue weighted by atomic mass is 9.99. The summed E-state index contributed by atoms with van der Waals surface area (Å²) < 4.78 is 10.2. The number of nitrogens with one attached hydrogen (secondary N) is 1. The third-order valence-electron chi connectivity index (χ3n) is 4.13. The molecule has 3 amide bonds. The van der Waals surface area contributed by atoms with Gasteiger partial charge in [-0.2, -0.15) is 11.8 Å². The fraction of sp³-hybridized carbons (Fsp3) is 0.438. The number of carbonyl (C=O) groups excluding carboxylic acids is 3. The molecular formula is C16H18N2O5S. The number of methoxy groups -OCH3 is 1. The monoisotopic (exact) mass is 350 g/mol. The Morgan fingerprint density at radius 2 is 2.08 bits per heavy atom. The molecular weight excluding hydrogens is 332 g/mol. The minimum atomic E-state index is -0.718. The van der Waals surface area contributed by atoms with E-state index >= 15 is 0 Å². The molecule has 1 atom stereocenters. The number of hydrogen-bond donors (Lipinski definition) is 1. The molecule has 2 saturated heterocycles. The normalized spacial score (nSPS) is 22.8. The van der Waals surface area contributed by atoms with Gasteiger partial charge in [0.2, 0.25) is 0 Å². The Labute approximate surface area is 143 Å². The van der Waals surface area contributed by atoms with E-state index in [0.717, 1.165) is 5.75 Å². The van der Waals surface area contributed by atoms with Gasteiger partial charge in [0, 0.05) is 5.75 Å². The van der Waals surface area contributed by atoms with Gasteiger partial charge in [0.25, 0.3) is 5.91 Å². The van der Waals surface area contributed by atoms with E-state index in [0.29, 0.717) is 23.5 Å². The number of thioether (sulfide) groups is 1.